The lowest BCUT2D eigenvalue weighted by molar-refractivity contribution is 0.241. The predicted octanol–water partition coefficient (Wildman–Crippen LogP) is 1.08. The molecule has 3 heteroatoms. The van der Waals surface area contributed by atoms with E-state index in [1.165, 1.54) is 19.5 Å². The van der Waals surface area contributed by atoms with Crippen LogP contribution in [-0.2, 0) is 0 Å². The smallest absolute Gasteiger partial charge is 0.292 e. The maximum absolute atomic E-state index is 2.55. The fourth-order valence-electron chi connectivity index (χ4n) is 1.69. The van der Waals surface area contributed by atoms with Crippen LogP contribution in [0.3, 0.4) is 0 Å². The lowest BCUT2D eigenvalue weighted by atomic mass is 9.94. The Morgan fingerprint density at radius 2 is 1.33 bits per heavy atom. The normalized spacial score (nSPS) is 21.8. The maximum Gasteiger partial charge on any atom is 0.292 e. The molecule has 1 heterocycles. The van der Waals surface area contributed by atoms with Gasteiger partial charge in [-0.1, -0.05) is 27.7 Å². The monoisotopic (exact) mass is 168 g/mol. The molecule has 0 aromatic rings. The van der Waals surface area contributed by atoms with Crippen molar-refractivity contribution in [2.24, 2.45) is 0 Å². The minimum atomic E-state index is 0.701. The van der Waals surface area contributed by atoms with Crippen LogP contribution in [0.15, 0.2) is 0 Å². The summed E-state index contributed by atoms with van der Waals surface area (Å²) in [6.07, 6.45) is 1.33. The van der Waals surface area contributed by atoms with Crippen molar-refractivity contribution in [2.75, 3.05) is 13.1 Å². The van der Waals surface area contributed by atoms with Gasteiger partial charge in [0, 0.05) is 0 Å². The summed E-state index contributed by atoms with van der Waals surface area (Å²) in [5, 5.41) is 0. The summed E-state index contributed by atoms with van der Waals surface area (Å²) in [5.41, 5.74) is 0. The molecule has 2 nitrogen and oxygen atoms in total. The molecule has 0 amide bonds. The van der Waals surface area contributed by atoms with Gasteiger partial charge in [0.1, 0.15) is 0 Å². The average molecular weight is 168 g/mol. The van der Waals surface area contributed by atoms with Gasteiger partial charge < -0.3 is 9.62 Å². The third-order valence-corrected chi connectivity index (χ3v) is 2.71. The minimum Gasteiger partial charge on any atom is -0.329 e. The lowest BCUT2D eigenvalue weighted by Crippen LogP contribution is -2.52. The molecule has 1 fully saturated rings. The minimum absolute atomic E-state index is 0.701. The largest absolute Gasteiger partial charge is 0.329 e. The Balaban J connectivity index is 2.40. The highest BCUT2D eigenvalue weighted by Crippen LogP contribution is 2.09. The Morgan fingerprint density at radius 3 is 1.67 bits per heavy atom. The molecule has 1 aliphatic rings. The van der Waals surface area contributed by atoms with Gasteiger partial charge >= 0.3 is 0 Å². The Bertz CT molecular complexity index is 122. The fraction of sp³-hybridized carbons (Fsp3) is 1.00. The van der Waals surface area contributed by atoms with Crippen molar-refractivity contribution in [3.05, 3.63) is 0 Å². The van der Waals surface area contributed by atoms with E-state index in [1.54, 1.807) is 0 Å². The van der Waals surface area contributed by atoms with Crippen LogP contribution in [0.2, 0.25) is 0 Å². The summed E-state index contributed by atoms with van der Waals surface area (Å²) >= 11 is 0. The molecule has 70 valence electrons. The van der Waals surface area contributed by atoms with Crippen LogP contribution in [0.1, 0.15) is 34.1 Å². The van der Waals surface area contributed by atoms with Gasteiger partial charge in [-0.15, -0.1) is 0 Å². The van der Waals surface area contributed by atoms with E-state index in [4.69, 9.17) is 0 Å². The third-order valence-electron chi connectivity index (χ3n) is 2.71. The van der Waals surface area contributed by atoms with Crippen molar-refractivity contribution in [3.63, 3.8) is 0 Å². The van der Waals surface area contributed by atoms with Crippen LogP contribution in [0.4, 0.5) is 0 Å². The second-order valence-electron chi connectivity index (χ2n) is 4.31. The van der Waals surface area contributed by atoms with Gasteiger partial charge in [0.05, 0.1) is 0 Å². The zero-order valence-corrected chi connectivity index (χ0v) is 8.88. The lowest BCUT2D eigenvalue weighted by Gasteiger charge is -2.39. The summed E-state index contributed by atoms with van der Waals surface area (Å²) in [6, 6.07) is 1.40. The van der Waals surface area contributed by atoms with Gasteiger partial charge in [-0.05, 0) is 31.6 Å². The van der Waals surface area contributed by atoms with Crippen molar-refractivity contribution in [1.29, 1.82) is 0 Å². The second-order valence-corrected chi connectivity index (χ2v) is 4.31. The molecule has 0 saturated carbocycles. The molecule has 1 aliphatic heterocycles. The summed E-state index contributed by atoms with van der Waals surface area (Å²) in [7, 11) is 1.16. The van der Waals surface area contributed by atoms with E-state index in [2.05, 4.69) is 37.3 Å². The zero-order chi connectivity index (χ0) is 9.14. The van der Waals surface area contributed by atoms with Crippen LogP contribution in [0.25, 0.3) is 0 Å². The Hall–Kier alpha value is -0.0151. The highest BCUT2D eigenvalue weighted by atomic mass is 15.2. The van der Waals surface area contributed by atoms with E-state index >= 15 is 0 Å². The summed E-state index contributed by atoms with van der Waals surface area (Å²) in [4.78, 5) is 5.09. The zero-order valence-electron chi connectivity index (χ0n) is 8.88. The Morgan fingerprint density at radius 1 is 0.917 bits per heavy atom. The van der Waals surface area contributed by atoms with E-state index in [1.807, 2.05) is 0 Å². The Labute approximate surface area is 77.2 Å². The molecule has 1 saturated heterocycles. The van der Waals surface area contributed by atoms with Gasteiger partial charge in [0.25, 0.3) is 7.55 Å². The molecule has 0 aromatic heterocycles. The number of hydrogen-bond acceptors (Lipinski definition) is 2. The van der Waals surface area contributed by atoms with E-state index in [0.717, 1.165) is 7.55 Å². The van der Waals surface area contributed by atoms with Crippen molar-refractivity contribution in [1.82, 2.24) is 9.62 Å². The van der Waals surface area contributed by atoms with Gasteiger partial charge in [0.2, 0.25) is 0 Å². The quantitative estimate of drug-likeness (QED) is 0.569. The molecule has 0 spiro atoms. The van der Waals surface area contributed by atoms with E-state index < -0.39 is 0 Å². The predicted molar refractivity (Wildman–Crippen MR) is 55.5 cm³/mol. The molecule has 1 rings (SSSR count). The molecule has 0 unspecified atom stereocenters. The molecule has 0 N–H and O–H groups in total. The van der Waals surface area contributed by atoms with Gasteiger partial charge in [-0.2, -0.15) is 0 Å². The highest BCUT2D eigenvalue weighted by Gasteiger charge is 2.22. The molecule has 0 aliphatic carbocycles. The maximum atomic E-state index is 2.55. The van der Waals surface area contributed by atoms with Crippen LogP contribution >= 0.6 is 0 Å². The van der Waals surface area contributed by atoms with Crippen LogP contribution in [0.5, 0.6) is 0 Å². The van der Waals surface area contributed by atoms with E-state index in [-0.39, 0.29) is 0 Å². The number of rotatable bonds is 2. The van der Waals surface area contributed by atoms with Gasteiger partial charge in [-0.25, -0.2) is 0 Å². The summed E-state index contributed by atoms with van der Waals surface area (Å²) in [5.74, 6) is 0. The van der Waals surface area contributed by atoms with Crippen LogP contribution < -0.4 is 0 Å². The number of hydrogen-bond donors (Lipinski definition) is 0. The average Bonchev–Trinajstić information content (AvgIpc) is 2.04. The standard InChI is InChI=1S/C9H21BN2/c1-8(2)11-6-5-7-12(10-11)9(3)4/h8-10H,5-7H2,1-4H3. The topological polar surface area (TPSA) is 6.48 Å². The fourth-order valence-corrected chi connectivity index (χ4v) is 1.69. The van der Waals surface area contributed by atoms with E-state index in [9.17, 15) is 0 Å². The van der Waals surface area contributed by atoms with Crippen molar-refractivity contribution < 1.29 is 0 Å². The highest BCUT2D eigenvalue weighted by molar-refractivity contribution is 6.28. The molecule has 0 bridgehead atoms. The van der Waals surface area contributed by atoms with Crippen molar-refractivity contribution in [2.45, 2.75) is 46.2 Å². The first kappa shape index (κ1) is 10.1. The van der Waals surface area contributed by atoms with Gasteiger partial charge in [-0.3, -0.25) is 0 Å². The SMILES string of the molecule is CC(C)N1BN(C(C)C)CCC1. The van der Waals surface area contributed by atoms with Crippen molar-refractivity contribution >= 4 is 7.55 Å². The van der Waals surface area contributed by atoms with Crippen molar-refractivity contribution in [3.8, 4) is 0 Å². The summed E-state index contributed by atoms with van der Waals surface area (Å²) < 4.78 is 0. The van der Waals surface area contributed by atoms with Crippen LogP contribution in [0, 0.1) is 0 Å². The first-order valence-electron chi connectivity index (χ1n) is 5.09. The third kappa shape index (κ3) is 2.49. The Kier molecular flexibility index (Phi) is 3.60. The van der Waals surface area contributed by atoms with E-state index in [0.29, 0.717) is 12.1 Å². The molecule has 0 radical (unpaired) electrons. The first-order valence-corrected chi connectivity index (χ1v) is 5.09. The van der Waals surface area contributed by atoms with Crippen LogP contribution in [-0.4, -0.2) is 42.3 Å². The molecular weight excluding hydrogens is 147 g/mol. The molecular formula is C9H21BN2. The first-order chi connectivity index (χ1) is 5.61. The molecule has 12 heavy (non-hydrogen) atoms. The van der Waals surface area contributed by atoms with Gasteiger partial charge in [0.15, 0.2) is 0 Å². The molecule has 0 aromatic carbocycles. The number of nitrogens with zero attached hydrogens (tertiary/aromatic N) is 2. The molecule has 0 atom stereocenters. The second kappa shape index (κ2) is 4.29. The summed E-state index contributed by atoms with van der Waals surface area (Å²) in [6.45, 7) is 11.7.